The van der Waals surface area contributed by atoms with Crippen LogP contribution in [0.1, 0.15) is 0 Å². The maximum atomic E-state index is 12.5. The standard InChI is InChI=1S/C13H19ClN2O3S/c1-15-7-8-19-11(9-15)10-16(2)20(17,18)13-6-4-3-5-12(13)14/h3-6,11H,7-10H2,1-2H3. The number of halogens is 1. The highest BCUT2D eigenvalue weighted by Gasteiger charge is 2.27. The highest BCUT2D eigenvalue weighted by atomic mass is 35.5. The molecule has 20 heavy (non-hydrogen) atoms. The number of morpholine rings is 1. The van der Waals surface area contributed by atoms with Gasteiger partial charge in [-0.25, -0.2) is 8.42 Å². The van der Waals surface area contributed by atoms with Gasteiger partial charge in [-0.1, -0.05) is 23.7 Å². The zero-order valence-electron chi connectivity index (χ0n) is 11.6. The van der Waals surface area contributed by atoms with Crippen molar-refractivity contribution in [2.24, 2.45) is 0 Å². The minimum absolute atomic E-state index is 0.115. The topological polar surface area (TPSA) is 49.9 Å². The molecule has 0 amide bonds. The Kier molecular flexibility index (Phi) is 5.04. The minimum Gasteiger partial charge on any atom is -0.374 e. The van der Waals surface area contributed by atoms with E-state index in [0.29, 0.717) is 13.2 Å². The Balaban J connectivity index is 2.11. The number of likely N-dealkylation sites (N-methyl/N-ethyl adjacent to an activating group) is 2. The van der Waals surface area contributed by atoms with Crippen molar-refractivity contribution in [1.82, 2.24) is 9.21 Å². The molecule has 0 spiro atoms. The molecular formula is C13H19ClN2O3S. The summed E-state index contributed by atoms with van der Waals surface area (Å²) in [6, 6.07) is 6.47. The number of ether oxygens (including phenoxy) is 1. The van der Waals surface area contributed by atoms with Crippen molar-refractivity contribution in [2.75, 3.05) is 40.3 Å². The Bertz CT molecular complexity index is 564. The molecule has 0 saturated carbocycles. The van der Waals surface area contributed by atoms with Crippen LogP contribution < -0.4 is 0 Å². The lowest BCUT2D eigenvalue weighted by Crippen LogP contribution is -2.46. The van der Waals surface area contributed by atoms with E-state index in [4.69, 9.17) is 16.3 Å². The van der Waals surface area contributed by atoms with Gasteiger partial charge in [0.05, 0.1) is 17.7 Å². The molecule has 7 heteroatoms. The highest BCUT2D eigenvalue weighted by molar-refractivity contribution is 7.89. The van der Waals surface area contributed by atoms with Crippen molar-refractivity contribution < 1.29 is 13.2 Å². The van der Waals surface area contributed by atoms with Crippen LogP contribution in [0.25, 0.3) is 0 Å². The van der Waals surface area contributed by atoms with E-state index in [1.165, 1.54) is 10.4 Å². The van der Waals surface area contributed by atoms with Gasteiger partial charge < -0.3 is 9.64 Å². The maximum absolute atomic E-state index is 12.5. The first-order valence-electron chi connectivity index (χ1n) is 6.42. The fourth-order valence-corrected chi connectivity index (χ4v) is 3.88. The Hall–Kier alpha value is -0.660. The van der Waals surface area contributed by atoms with Crippen LogP contribution in [0.15, 0.2) is 29.2 Å². The van der Waals surface area contributed by atoms with E-state index in [2.05, 4.69) is 4.90 Å². The third-order valence-corrected chi connectivity index (χ3v) is 5.65. The van der Waals surface area contributed by atoms with E-state index in [1.807, 2.05) is 7.05 Å². The Morgan fingerprint density at radius 3 is 2.80 bits per heavy atom. The molecule has 1 aromatic carbocycles. The summed E-state index contributed by atoms with van der Waals surface area (Å²) in [5, 5.41) is 0.237. The number of nitrogens with zero attached hydrogens (tertiary/aromatic N) is 2. The summed E-state index contributed by atoms with van der Waals surface area (Å²) in [6.45, 7) is 2.54. The summed E-state index contributed by atoms with van der Waals surface area (Å²) < 4.78 is 31.9. The zero-order chi connectivity index (χ0) is 14.8. The van der Waals surface area contributed by atoms with E-state index in [9.17, 15) is 8.42 Å². The van der Waals surface area contributed by atoms with Gasteiger partial charge in [0, 0.05) is 26.7 Å². The third-order valence-electron chi connectivity index (χ3n) is 3.33. The second-order valence-corrected chi connectivity index (χ2v) is 7.39. The second-order valence-electron chi connectivity index (χ2n) is 4.97. The van der Waals surface area contributed by atoms with Gasteiger partial charge in [-0.15, -0.1) is 0 Å². The van der Waals surface area contributed by atoms with Gasteiger partial charge in [-0.3, -0.25) is 0 Å². The lowest BCUT2D eigenvalue weighted by Gasteiger charge is -2.32. The number of rotatable bonds is 4. The maximum Gasteiger partial charge on any atom is 0.244 e. The quantitative estimate of drug-likeness (QED) is 0.839. The molecule has 1 heterocycles. The molecule has 1 aliphatic heterocycles. The van der Waals surface area contributed by atoms with Gasteiger partial charge in [0.1, 0.15) is 4.90 Å². The Labute approximate surface area is 125 Å². The van der Waals surface area contributed by atoms with Crippen LogP contribution in [0.3, 0.4) is 0 Å². The van der Waals surface area contributed by atoms with Crippen LogP contribution in [0.5, 0.6) is 0 Å². The highest BCUT2D eigenvalue weighted by Crippen LogP contribution is 2.23. The summed E-state index contributed by atoms with van der Waals surface area (Å²) in [5.74, 6) is 0. The summed E-state index contributed by atoms with van der Waals surface area (Å²) in [4.78, 5) is 2.26. The SMILES string of the molecule is CN1CCOC(CN(C)S(=O)(=O)c2ccccc2Cl)C1. The molecule has 2 rings (SSSR count). The molecule has 1 aromatic rings. The molecule has 1 fully saturated rings. The summed E-state index contributed by atoms with van der Waals surface area (Å²) in [5.41, 5.74) is 0. The van der Waals surface area contributed by atoms with E-state index in [1.54, 1.807) is 25.2 Å². The predicted octanol–water partition coefficient (Wildman–Crippen LogP) is 1.29. The van der Waals surface area contributed by atoms with E-state index in [-0.39, 0.29) is 16.0 Å². The van der Waals surface area contributed by atoms with Gasteiger partial charge in [0.15, 0.2) is 0 Å². The molecule has 5 nitrogen and oxygen atoms in total. The van der Waals surface area contributed by atoms with Crippen molar-refractivity contribution in [3.8, 4) is 0 Å². The second kappa shape index (κ2) is 6.41. The van der Waals surface area contributed by atoms with Crippen molar-refractivity contribution in [3.63, 3.8) is 0 Å². The summed E-state index contributed by atoms with van der Waals surface area (Å²) >= 11 is 5.97. The molecule has 1 saturated heterocycles. The van der Waals surface area contributed by atoms with Crippen LogP contribution in [0.2, 0.25) is 5.02 Å². The summed E-state index contributed by atoms with van der Waals surface area (Å²) in [6.07, 6.45) is -0.115. The van der Waals surface area contributed by atoms with Crippen LogP contribution >= 0.6 is 11.6 Å². The van der Waals surface area contributed by atoms with Crippen molar-refractivity contribution in [2.45, 2.75) is 11.0 Å². The lowest BCUT2D eigenvalue weighted by molar-refractivity contribution is -0.0247. The fourth-order valence-electron chi connectivity index (χ4n) is 2.18. The number of sulfonamides is 1. The minimum atomic E-state index is -3.58. The zero-order valence-corrected chi connectivity index (χ0v) is 13.2. The molecule has 0 radical (unpaired) electrons. The molecule has 112 valence electrons. The van der Waals surface area contributed by atoms with Crippen LogP contribution in [-0.2, 0) is 14.8 Å². The lowest BCUT2D eigenvalue weighted by atomic mass is 10.3. The van der Waals surface area contributed by atoms with Crippen LogP contribution in [0.4, 0.5) is 0 Å². The van der Waals surface area contributed by atoms with Gasteiger partial charge in [-0.2, -0.15) is 4.31 Å². The first kappa shape index (κ1) is 15.7. The predicted molar refractivity (Wildman–Crippen MR) is 78.5 cm³/mol. The van der Waals surface area contributed by atoms with Gasteiger partial charge in [0.2, 0.25) is 10.0 Å². The normalized spacial score (nSPS) is 21.3. The van der Waals surface area contributed by atoms with Crippen LogP contribution in [0, 0.1) is 0 Å². The molecular weight excluding hydrogens is 300 g/mol. The Morgan fingerprint density at radius 1 is 1.45 bits per heavy atom. The van der Waals surface area contributed by atoms with E-state index >= 15 is 0 Å². The molecule has 0 aromatic heterocycles. The van der Waals surface area contributed by atoms with Gasteiger partial charge in [-0.05, 0) is 19.2 Å². The third kappa shape index (κ3) is 3.51. The van der Waals surface area contributed by atoms with Crippen molar-refractivity contribution in [3.05, 3.63) is 29.3 Å². The molecule has 0 N–H and O–H groups in total. The van der Waals surface area contributed by atoms with Gasteiger partial charge in [0.25, 0.3) is 0 Å². The average molecular weight is 319 g/mol. The smallest absolute Gasteiger partial charge is 0.244 e. The monoisotopic (exact) mass is 318 g/mol. The number of hydrogen-bond donors (Lipinski definition) is 0. The van der Waals surface area contributed by atoms with E-state index in [0.717, 1.165) is 13.1 Å². The van der Waals surface area contributed by atoms with E-state index < -0.39 is 10.0 Å². The average Bonchev–Trinajstić information content (AvgIpc) is 2.39. The molecule has 1 atom stereocenters. The molecule has 0 bridgehead atoms. The molecule has 0 aliphatic carbocycles. The number of hydrogen-bond acceptors (Lipinski definition) is 4. The molecule has 1 unspecified atom stereocenters. The Morgan fingerprint density at radius 2 is 2.15 bits per heavy atom. The fraction of sp³-hybridized carbons (Fsp3) is 0.538. The largest absolute Gasteiger partial charge is 0.374 e. The summed E-state index contributed by atoms with van der Waals surface area (Å²) in [7, 11) is -0.0333. The molecule has 1 aliphatic rings. The number of benzene rings is 1. The first-order valence-corrected chi connectivity index (χ1v) is 8.24. The van der Waals surface area contributed by atoms with Crippen molar-refractivity contribution >= 4 is 21.6 Å². The van der Waals surface area contributed by atoms with Crippen LogP contribution in [-0.4, -0.2) is 64.1 Å². The van der Waals surface area contributed by atoms with Crippen molar-refractivity contribution in [1.29, 1.82) is 0 Å². The van der Waals surface area contributed by atoms with Gasteiger partial charge >= 0.3 is 0 Å². The first-order chi connectivity index (χ1) is 9.41.